The van der Waals surface area contributed by atoms with Crippen LogP contribution >= 0.6 is 11.3 Å². The van der Waals surface area contributed by atoms with E-state index in [0.29, 0.717) is 13.0 Å². The lowest BCUT2D eigenvalue weighted by molar-refractivity contribution is -0.120. The molecular formula is C10H17N3OS. The molecule has 84 valence electrons. The molecule has 5 heteroatoms. The molecule has 0 saturated carbocycles. The molecule has 0 fully saturated rings. The second-order valence-corrected chi connectivity index (χ2v) is 4.11. The molecule has 1 rings (SSSR count). The van der Waals surface area contributed by atoms with Crippen molar-refractivity contribution in [2.75, 3.05) is 19.6 Å². The highest BCUT2D eigenvalue weighted by atomic mass is 32.1. The predicted octanol–water partition coefficient (Wildman–Crippen LogP) is 0.801. The van der Waals surface area contributed by atoms with E-state index in [4.69, 9.17) is 0 Å². The van der Waals surface area contributed by atoms with Crippen molar-refractivity contribution >= 4 is 17.2 Å². The molecule has 1 aromatic rings. The number of aromatic nitrogens is 1. The summed E-state index contributed by atoms with van der Waals surface area (Å²) >= 11 is 1.62. The normalized spacial score (nSPS) is 10.2. The summed E-state index contributed by atoms with van der Waals surface area (Å²) in [6.45, 7) is 4.37. The lowest BCUT2D eigenvalue weighted by atomic mass is 10.3. The molecule has 4 nitrogen and oxygen atoms in total. The van der Waals surface area contributed by atoms with E-state index >= 15 is 0 Å². The second-order valence-electron chi connectivity index (χ2n) is 3.13. The SMILES string of the molecule is CCNCCC(=O)NCCc1nccs1. The Morgan fingerprint density at radius 2 is 2.40 bits per heavy atom. The van der Waals surface area contributed by atoms with Gasteiger partial charge < -0.3 is 10.6 Å². The van der Waals surface area contributed by atoms with Crippen LogP contribution in [-0.4, -0.2) is 30.5 Å². The molecule has 0 saturated heterocycles. The minimum absolute atomic E-state index is 0.104. The Balaban J connectivity index is 2.02. The van der Waals surface area contributed by atoms with Crippen LogP contribution in [0.4, 0.5) is 0 Å². The maximum absolute atomic E-state index is 11.3. The number of nitrogens with one attached hydrogen (secondary N) is 2. The zero-order valence-electron chi connectivity index (χ0n) is 8.95. The van der Waals surface area contributed by atoms with Crippen LogP contribution in [0.1, 0.15) is 18.4 Å². The molecule has 0 aliphatic rings. The van der Waals surface area contributed by atoms with Crippen molar-refractivity contribution in [2.24, 2.45) is 0 Å². The number of hydrogen-bond donors (Lipinski definition) is 2. The van der Waals surface area contributed by atoms with Crippen LogP contribution in [0.3, 0.4) is 0 Å². The Morgan fingerprint density at radius 1 is 1.53 bits per heavy atom. The fourth-order valence-corrected chi connectivity index (χ4v) is 1.77. The van der Waals surface area contributed by atoms with Crippen LogP contribution in [-0.2, 0) is 11.2 Å². The molecule has 0 bridgehead atoms. The third-order valence-corrected chi connectivity index (χ3v) is 2.76. The summed E-state index contributed by atoms with van der Waals surface area (Å²) in [7, 11) is 0. The first-order chi connectivity index (χ1) is 7.33. The Hall–Kier alpha value is -0.940. The van der Waals surface area contributed by atoms with Crippen LogP contribution in [0.25, 0.3) is 0 Å². The minimum atomic E-state index is 0.104. The van der Waals surface area contributed by atoms with Crippen molar-refractivity contribution < 1.29 is 4.79 Å². The van der Waals surface area contributed by atoms with E-state index in [9.17, 15) is 4.79 Å². The maximum atomic E-state index is 11.3. The third kappa shape index (κ3) is 5.49. The van der Waals surface area contributed by atoms with Gasteiger partial charge in [-0.1, -0.05) is 6.92 Å². The number of carbonyl (C=O) groups excluding carboxylic acids is 1. The Bertz CT molecular complexity index is 274. The number of amides is 1. The van der Waals surface area contributed by atoms with Crippen LogP contribution < -0.4 is 10.6 Å². The van der Waals surface area contributed by atoms with E-state index in [-0.39, 0.29) is 5.91 Å². The zero-order valence-corrected chi connectivity index (χ0v) is 9.77. The zero-order chi connectivity index (χ0) is 10.9. The number of thiazole rings is 1. The fourth-order valence-electron chi connectivity index (χ4n) is 1.15. The summed E-state index contributed by atoms with van der Waals surface area (Å²) in [6.07, 6.45) is 3.16. The standard InChI is InChI=1S/C10H17N3OS/c1-2-11-5-3-9(14)12-6-4-10-13-7-8-15-10/h7-8,11H,2-6H2,1H3,(H,12,14). The van der Waals surface area contributed by atoms with Gasteiger partial charge in [0.05, 0.1) is 5.01 Å². The van der Waals surface area contributed by atoms with E-state index in [2.05, 4.69) is 15.6 Å². The van der Waals surface area contributed by atoms with E-state index in [1.165, 1.54) is 0 Å². The fraction of sp³-hybridized carbons (Fsp3) is 0.600. The largest absolute Gasteiger partial charge is 0.356 e. The van der Waals surface area contributed by atoms with E-state index in [1.54, 1.807) is 17.5 Å². The van der Waals surface area contributed by atoms with E-state index in [1.807, 2.05) is 12.3 Å². The van der Waals surface area contributed by atoms with Crippen LogP contribution in [0.15, 0.2) is 11.6 Å². The summed E-state index contributed by atoms with van der Waals surface area (Å²) in [5.74, 6) is 0.104. The van der Waals surface area contributed by atoms with Crippen LogP contribution in [0, 0.1) is 0 Å². The average Bonchev–Trinajstić information content (AvgIpc) is 2.71. The summed E-state index contributed by atoms with van der Waals surface area (Å²) < 4.78 is 0. The van der Waals surface area contributed by atoms with Gasteiger partial charge in [-0.25, -0.2) is 4.98 Å². The van der Waals surface area contributed by atoms with E-state index in [0.717, 1.165) is 24.5 Å². The molecule has 2 N–H and O–H groups in total. The molecule has 0 aliphatic heterocycles. The molecule has 0 atom stereocenters. The van der Waals surface area contributed by atoms with Crippen LogP contribution in [0.2, 0.25) is 0 Å². The lowest BCUT2D eigenvalue weighted by Gasteiger charge is -2.03. The Labute approximate surface area is 94.1 Å². The highest BCUT2D eigenvalue weighted by molar-refractivity contribution is 7.09. The first-order valence-electron chi connectivity index (χ1n) is 5.18. The van der Waals surface area contributed by atoms with Crippen molar-refractivity contribution in [3.63, 3.8) is 0 Å². The molecule has 1 amide bonds. The van der Waals surface area contributed by atoms with Gasteiger partial charge in [0.2, 0.25) is 5.91 Å². The monoisotopic (exact) mass is 227 g/mol. The van der Waals surface area contributed by atoms with Gasteiger partial charge in [0.25, 0.3) is 0 Å². The summed E-state index contributed by atoms with van der Waals surface area (Å²) in [5.41, 5.74) is 0. The molecule has 0 radical (unpaired) electrons. The second kappa shape index (κ2) is 7.36. The molecule has 0 aromatic carbocycles. The lowest BCUT2D eigenvalue weighted by Crippen LogP contribution is -2.29. The van der Waals surface area contributed by atoms with Gasteiger partial charge in [-0.3, -0.25) is 4.79 Å². The average molecular weight is 227 g/mol. The topological polar surface area (TPSA) is 54.0 Å². The first kappa shape index (κ1) is 12.1. The van der Waals surface area contributed by atoms with Gasteiger partial charge >= 0.3 is 0 Å². The summed E-state index contributed by atoms with van der Waals surface area (Å²) in [6, 6.07) is 0. The van der Waals surface area contributed by atoms with Crippen molar-refractivity contribution in [2.45, 2.75) is 19.8 Å². The number of nitrogens with zero attached hydrogens (tertiary/aromatic N) is 1. The summed E-state index contributed by atoms with van der Waals surface area (Å²) in [4.78, 5) is 15.4. The maximum Gasteiger partial charge on any atom is 0.221 e. The van der Waals surface area contributed by atoms with Gasteiger partial charge in [0, 0.05) is 37.5 Å². The van der Waals surface area contributed by atoms with Gasteiger partial charge in [-0.15, -0.1) is 11.3 Å². The molecule has 1 aromatic heterocycles. The van der Waals surface area contributed by atoms with Gasteiger partial charge in [0.15, 0.2) is 0 Å². The van der Waals surface area contributed by atoms with Crippen molar-refractivity contribution in [1.82, 2.24) is 15.6 Å². The molecule has 0 spiro atoms. The highest BCUT2D eigenvalue weighted by Gasteiger charge is 2.00. The smallest absolute Gasteiger partial charge is 0.221 e. The number of rotatable bonds is 7. The number of carbonyl (C=O) groups is 1. The summed E-state index contributed by atoms with van der Waals surface area (Å²) in [5, 5.41) is 9.00. The van der Waals surface area contributed by atoms with Crippen molar-refractivity contribution in [3.8, 4) is 0 Å². The third-order valence-electron chi connectivity index (χ3n) is 1.92. The predicted molar refractivity (Wildman–Crippen MR) is 62.0 cm³/mol. The van der Waals surface area contributed by atoms with E-state index < -0.39 is 0 Å². The van der Waals surface area contributed by atoms with Crippen LogP contribution in [0.5, 0.6) is 0 Å². The Kier molecular flexibility index (Phi) is 5.96. The molecule has 0 aliphatic carbocycles. The van der Waals surface area contributed by atoms with Gasteiger partial charge in [-0.2, -0.15) is 0 Å². The Morgan fingerprint density at radius 3 is 3.07 bits per heavy atom. The highest BCUT2D eigenvalue weighted by Crippen LogP contribution is 2.03. The number of hydrogen-bond acceptors (Lipinski definition) is 4. The molecule has 15 heavy (non-hydrogen) atoms. The molecule has 1 heterocycles. The molecule has 0 unspecified atom stereocenters. The van der Waals surface area contributed by atoms with Gasteiger partial charge in [0.1, 0.15) is 0 Å². The quantitative estimate of drug-likeness (QED) is 0.678. The molecular weight excluding hydrogens is 210 g/mol. The first-order valence-corrected chi connectivity index (χ1v) is 6.06. The minimum Gasteiger partial charge on any atom is -0.356 e. The van der Waals surface area contributed by atoms with Crippen molar-refractivity contribution in [1.29, 1.82) is 0 Å². The van der Waals surface area contributed by atoms with Gasteiger partial charge in [-0.05, 0) is 6.54 Å². The van der Waals surface area contributed by atoms with Crippen molar-refractivity contribution in [3.05, 3.63) is 16.6 Å².